The third-order valence-corrected chi connectivity index (χ3v) is 4.05. The van der Waals surface area contributed by atoms with Crippen LogP contribution in [0.2, 0.25) is 0 Å². The van der Waals surface area contributed by atoms with Gasteiger partial charge in [0.15, 0.2) is 0 Å². The molecule has 1 heterocycles. The van der Waals surface area contributed by atoms with E-state index in [1.165, 1.54) is 49.9 Å². The molecular weight excluding hydrogens is 284 g/mol. The topological polar surface area (TPSA) is 72.7 Å². The second-order valence-corrected chi connectivity index (χ2v) is 5.56. The van der Waals surface area contributed by atoms with Crippen molar-refractivity contribution in [2.45, 2.75) is 38.6 Å². The number of carbonyl (C=O) groups excluding carboxylic acids is 1. The first-order chi connectivity index (χ1) is 10.6. The molecule has 2 rings (SSSR count). The summed E-state index contributed by atoms with van der Waals surface area (Å²) in [4.78, 5) is 24.4. The minimum Gasteiger partial charge on any atom is -0.461 e. The molecule has 6 heteroatoms. The molecule has 0 spiro atoms. The van der Waals surface area contributed by atoms with E-state index in [2.05, 4.69) is 11.8 Å². The van der Waals surface area contributed by atoms with Crippen molar-refractivity contribution >= 4 is 11.7 Å². The van der Waals surface area contributed by atoms with Crippen molar-refractivity contribution in [2.24, 2.45) is 0 Å². The SMILES string of the molecule is CCCC1CCCN1CCOC(=O)c1ccc([N+](=O)[O-])cc1. The summed E-state index contributed by atoms with van der Waals surface area (Å²) in [7, 11) is 0. The second-order valence-electron chi connectivity index (χ2n) is 5.56. The first-order valence-corrected chi connectivity index (χ1v) is 7.77. The predicted octanol–water partition coefficient (Wildman–Crippen LogP) is 3.02. The maximum absolute atomic E-state index is 11.9. The molecule has 120 valence electrons. The lowest BCUT2D eigenvalue weighted by atomic mass is 10.1. The number of esters is 1. The number of nitrogens with zero attached hydrogens (tertiary/aromatic N) is 2. The lowest BCUT2D eigenvalue weighted by Gasteiger charge is -2.23. The molecule has 0 radical (unpaired) electrons. The highest BCUT2D eigenvalue weighted by Gasteiger charge is 2.23. The molecule has 0 N–H and O–H groups in total. The Morgan fingerprint density at radius 1 is 1.41 bits per heavy atom. The van der Waals surface area contributed by atoms with E-state index in [4.69, 9.17) is 4.74 Å². The van der Waals surface area contributed by atoms with E-state index in [0.29, 0.717) is 18.2 Å². The Labute approximate surface area is 130 Å². The van der Waals surface area contributed by atoms with Gasteiger partial charge in [-0.15, -0.1) is 0 Å². The molecule has 0 aliphatic carbocycles. The van der Waals surface area contributed by atoms with Crippen molar-refractivity contribution in [2.75, 3.05) is 19.7 Å². The fourth-order valence-corrected chi connectivity index (χ4v) is 2.91. The van der Waals surface area contributed by atoms with Gasteiger partial charge in [0, 0.05) is 24.7 Å². The van der Waals surface area contributed by atoms with Gasteiger partial charge in [0.05, 0.1) is 10.5 Å². The van der Waals surface area contributed by atoms with E-state index < -0.39 is 10.9 Å². The first kappa shape index (κ1) is 16.4. The second kappa shape index (κ2) is 7.89. The van der Waals surface area contributed by atoms with Crippen molar-refractivity contribution in [1.29, 1.82) is 0 Å². The summed E-state index contributed by atoms with van der Waals surface area (Å²) in [6.07, 6.45) is 4.80. The van der Waals surface area contributed by atoms with Crippen LogP contribution < -0.4 is 0 Å². The molecule has 1 aromatic carbocycles. The van der Waals surface area contributed by atoms with E-state index >= 15 is 0 Å². The summed E-state index contributed by atoms with van der Waals surface area (Å²) in [6, 6.07) is 6.10. The zero-order valence-electron chi connectivity index (χ0n) is 12.9. The number of nitro groups is 1. The summed E-state index contributed by atoms with van der Waals surface area (Å²) in [5, 5.41) is 10.6. The number of rotatable bonds is 7. The maximum atomic E-state index is 11.9. The van der Waals surface area contributed by atoms with Gasteiger partial charge in [0.1, 0.15) is 6.61 Å². The highest BCUT2D eigenvalue weighted by molar-refractivity contribution is 5.89. The standard InChI is InChI=1S/C16H22N2O4/c1-2-4-14-5-3-10-17(14)11-12-22-16(19)13-6-8-15(9-7-13)18(20)21/h6-9,14H,2-5,10-12H2,1H3. The normalized spacial score (nSPS) is 18.3. The first-order valence-electron chi connectivity index (χ1n) is 7.77. The number of nitro benzene ring substituents is 1. The van der Waals surface area contributed by atoms with E-state index in [9.17, 15) is 14.9 Å². The number of non-ortho nitro benzene ring substituents is 1. The summed E-state index contributed by atoms with van der Waals surface area (Å²) in [5.41, 5.74) is 0.313. The molecule has 1 fully saturated rings. The van der Waals surface area contributed by atoms with Crippen LogP contribution in [-0.4, -0.2) is 41.5 Å². The van der Waals surface area contributed by atoms with E-state index in [0.717, 1.165) is 13.1 Å². The number of hydrogen-bond acceptors (Lipinski definition) is 5. The average Bonchev–Trinajstić information content (AvgIpc) is 2.95. The lowest BCUT2D eigenvalue weighted by Crippen LogP contribution is -2.32. The van der Waals surface area contributed by atoms with Crippen LogP contribution in [0.1, 0.15) is 43.0 Å². The van der Waals surface area contributed by atoms with Crippen LogP contribution in [0, 0.1) is 10.1 Å². The van der Waals surface area contributed by atoms with E-state index in [-0.39, 0.29) is 5.69 Å². The van der Waals surface area contributed by atoms with Gasteiger partial charge in [-0.1, -0.05) is 13.3 Å². The van der Waals surface area contributed by atoms with E-state index in [1.807, 2.05) is 0 Å². The molecule has 1 aliphatic heterocycles. The third-order valence-electron chi connectivity index (χ3n) is 4.05. The average molecular weight is 306 g/mol. The Hall–Kier alpha value is -1.95. The van der Waals surface area contributed by atoms with Crippen molar-refractivity contribution in [3.63, 3.8) is 0 Å². The number of ether oxygens (including phenoxy) is 1. The number of likely N-dealkylation sites (tertiary alicyclic amines) is 1. The molecule has 0 saturated carbocycles. The van der Waals surface area contributed by atoms with Crippen LogP contribution in [-0.2, 0) is 4.74 Å². The molecular formula is C16H22N2O4. The van der Waals surface area contributed by atoms with Crippen LogP contribution in [0.3, 0.4) is 0 Å². The summed E-state index contributed by atoms with van der Waals surface area (Å²) in [6.45, 7) is 4.37. The monoisotopic (exact) mass is 306 g/mol. The highest BCUT2D eigenvalue weighted by Crippen LogP contribution is 2.20. The molecule has 1 atom stereocenters. The molecule has 0 amide bonds. The fourth-order valence-electron chi connectivity index (χ4n) is 2.91. The molecule has 1 saturated heterocycles. The minimum absolute atomic E-state index is 0.0315. The molecule has 22 heavy (non-hydrogen) atoms. The highest BCUT2D eigenvalue weighted by atomic mass is 16.6. The van der Waals surface area contributed by atoms with Gasteiger partial charge < -0.3 is 4.74 Å². The van der Waals surface area contributed by atoms with Crippen molar-refractivity contribution < 1.29 is 14.5 Å². The lowest BCUT2D eigenvalue weighted by molar-refractivity contribution is -0.384. The summed E-state index contributed by atoms with van der Waals surface area (Å²) < 4.78 is 5.27. The summed E-state index contributed by atoms with van der Waals surface area (Å²) in [5.74, 6) is -0.430. The number of benzene rings is 1. The maximum Gasteiger partial charge on any atom is 0.338 e. The Balaban J connectivity index is 1.79. The zero-order chi connectivity index (χ0) is 15.9. The van der Waals surface area contributed by atoms with Crippen LogP contribution in [0.15, 0.2) is 24.3 Å². The Morgan fingerprint density at radius 2 is 2.14 bits per heavy atom. The molecule has 0 bridgehead atoms. The number of hydrogen-bond donors (Lipinski definition) is 0. The van der Waals surface area contributed by atoms with Gasteiger partial charge in [-0.3, -0.25) is 15.0 Å². The molecule has 0 aromatic heterocycles. The molecule has 1 aliphatic rings. The van der Waals surface area contributed by atoms with Crippen LogP contribution >= 0.6 is 0 Å². The largest absolute Gasteiger partial charge is 0.461 e. The van der Waals surface area contributed by atoms with Crippen molar-refractivity contribution in [1.82, 2.24) is 4.90 Å². The Bertz CT molecular complexity index is 515. The smallest absolute Gasteiger partial charge is 0.338 e. The van der Waals surface area contributed by atoms with Gasteiger partial charge >= 0.3 is 5.97 Å². The van der Waals surface area contributed by atoms with Gasteiger partial charge in [0.25, 0.3) is 5.69 Å². The molecule has 6 nitrogen and oxygen atoms in total. The third kappa shape index (κ3) is 4.27. The minimum atomic E-state index is -0.490. The molecule has 1 aromatic rings. The van der Waals surface area contributed by atoms with Gasteiger partial charge in [-0.2, -0.15) is 0 Å². The van der Waals surface area contributed by atoms with Gasteiger partial charge in [-0.05, 0) is 37.9 Å². The van der Waals surface area contributed by atoms with Gasteiger partial charge in [-0.25, -0.2) is 4.79 Å². The van der Waals surface area contributed by atoms with Crippen LogP contribution in [0.5, 0.6) is 0 Å². The van der Waals surface area contributed by atoms with Crippen molar-refractivity contribution in [3.05, 3.63) is 39.9 Å². The van der Waals surface area contributed by atoms with Crippen LogP contribution in [0.25, 0.3) is 0 Å². The fraction of sp³-hybridized carbons (Fsp3) is 0.562. The van der Waals surface area contributed by atoms with Crippen molar-refractivity contribution in [3.8, 4) is 0 Å². The summed E-state index contributed by atoms with van der Waals surface area (Å²) >= 11 is 0. The van der Waals surface area contributed by atoms with E-state index in [1.54, 1.807) is 0 Å². The Kier molecular flexibility index (Phi) is 5.89. The predicted molar refractivity (Wildman–Crippen MR) is 82.9 cm³/mol. The zero-order valence-corrected chi connectivity index (χ0v) is 12.9. The van der Waals surface area contributed by atoms with Crippen LogP contribution in [0.4, 0.5) is 5.69 Å². The molecule has 1 unspecified atom stereocenters. The Morgan fingerprint density at radius 3 is 2.77 bits per heavy atom. The quantitative estimate of drug-likeness (QED) is 0.440. The number of carbonyl (C=O) groups is 1. The van der Waals surface area contributed by atoms with Gasteiger partial charge in [0.2, 0.25) is 0 Å².